The van der Waals surface area contributed by atoms with Crippen molar-refractivity contribution in [1.82, 2.24) is 4.90 Å². The van der Waals surface area contributed by atoms with Gasteiger partial charge in [-0.25, -0.2) is 4.79 Å². The van der Waals surface area contributed by atoms with Crippen LogP contribution in [0, 0.1) is 0 Å². The van der Waals surface area contributed by atoms with Gasteiger partial charge in [-0.15, -0.1) is 0 Å². The molecule has 0 radical (unpaired) electrons. The minimum Gasteiger partial charge on any atom is -0.497 e. The number of hydrogen-bond donors (Lipinski definition) is 1. The van der Waals surface area contributed by atoms with E-state index in [0.29, 0.717) is 47.4 Å². The molecule has 9 nitrogen and oxygen atoms in total. The number of rotatable bonds is 8. The number of anilines is 1. The van der Waals surface area contributed by atoms with Gasteiger partial charge < -0.3 is 38.6 Å². The van der Waals surface area contributed by atoms with Gasteiger partial charge in [-0.1, -0.05) is 12.1 Å². The van der Waals surface area contributed by atoms with Crippen LogP contribution >= 0.6 is 0 Å². The van der Waals surface area contributed by atoms with Crippen molar-refractivity contribution in [3.63, 3.8) is 0 Å². The summed E-state index contributed by atoms with van der Waals surface area (Å²) in [5, 5.41) is 3.01. The summed E-state index contributed by atoms with van der Waals surface area (Å²) in [7, 11) is 9.44. The molecule has 1 atom stereocenters. The first-order valence-corrected chi connectivity index (χ1v) is 11.7. The summed E-state index contributed by atoms with van der Waals surface area (Å²) in [6, 6.07) is 14.4. The van der Waals surface area contributed by atoms with E-state index in [0.717, 1.165) is 22.4 Å². The molecule has 0 aliphatic carbocycles. The van der Waals surface area contributed by atoms with Crippen LogP contribution in [-0.4, -0.2) is 60.1 Å². The molecule has 37 heavy (non-hydrogen) atoms. The molecule has 3 aromatic carbocycles. The largest absolute Gasteiger partial charge is 0.497 e. The summed E-state index contributed by atoms with van der Waals surface area (Å²) < 4.78 is 32.7. The van der Waals surface area contributed by atoms with Gasteiger partial charge in [-0.3, -0.25) is 0 Å². The number of amides is 2. The number of carbonyl (C=O) groups excluding carboxylic acids is 1. The molecule has 9 heteroatoms. The van der Waals surface area contributed by atoms with Crippen LogP contribution in [0.2, 0.25) is 0 Å². The molecule has 1 aliphatic heterocycles. The van der Waals surface area contributed by atoms with Crippen molar-refractivity contribution in [1.29, 1.82) is 0 Å². The third-order valence-corrected chi connectivity index (χ3v) is 6.48. The molecule has 0 bridgehead atoms. The number of nitrogens with zero attached hydrogens (tertiary/aromatic N) is 1. The third kappa shape index (κ3) is 5.02. The zero-order chi connectivity index (χ0) is 26.5. The normalized spacial score (nSPS) is 14.3. The summed E-state index contributed by atoms with van der Waals surface area (Å²) in [6.07, 6.45) is 0.658. The van der Waals surface area contributed by atoms with Crippen molar-refractivity contribution in [2.45, 2.75) is 12.5 Å². The average molecular weight is 509 g/mol. The Morgan fingerprint density at radius 1 is 0.757 bits per heavy atom. The van der Waals surface area contributed by atoms with Crippen LogP contribution in [0.25, 0.3) is 0 Å². The molecule has 0 aromatic heterocycles. The van der Waals surface area contributed by atoms with E-state index in [2.05, 4.69) is 5.32 Å². The van der Waals surface area contributed by atoms with Gasteiger partial charge in [0.25, 0.3) is 0 Å². The first kappa shape index (κ1) is 25.8. The molecular weight excluding hydrogens is 476 g/mol. The SMILES string of the molecule is COc1ccc(C2c3cc(OC)c(OC)cc3CCN2C(=O)Nc2cc(OC)c(OC)c(OC)c2)cc1. The zero-order valence-corrected chi connectivity index (χ0v) is 21.9. The first-order valence-electron chi connectivity index (χ1n) is 11.7. The number of benzene rings is 3. The Hall–Kier alpha value is -4.27. The number of hydrogen-bond acceptors (Lipinski definition) is 7. The maximum Gasteiger partial charge on any atom is 0.322 e. The molecule has 1 heterocycles. The van der Waals surface area contributed by atoms with Gasteiger partial charge in [0.05, 0.1) is 54.4 Å². The van der Waals surface area contributed by atoms with Crippen molar-refractivity contribution in [3.8, 4) is 34.5 Å². The lowest BCUT2D eigenvalue weighted by Gasteiger charge is -2.38. The Balaban J connectivity index is 1.75. The summed E-state index contributed by atoms with van der Waals surface area (Å²) in [5.74, 6) is 3.35. The summed E-state index contributed by atoms with van der Waals surface area (Å²) in [5.41, 5.74) is 3.52. The van der Waals surface area contributed by atoms with Crippen molar-refractivity contribution < 1.29 is 33.2 Å². The van der Waals surface area contributed by atoms with Crippen LogP contribution in [0.15, 0.2) is 48.5 Å². The Kier molecular flexibility index (Phi) is 7.81. The van der Waals surface area contributed by atoms with E-state index < -0.39 is 0 Å². The molecule has 2 amide bonds. The van der Waals surface area contributed by atoms with Crippen molar-refractivity contribution in [3.05, 3.63) is 65.2 Å². The highest BCUT2D eigenvalue weighted by atomic mass is 16.5. The van der Waals surface area contributed by atoms with Crippen LogP contribution in [0.4, 0.5) is 10.5 Å². The number of carbonyl (C=O) groups is 1. The van der Waals surface area contributed by atoms with E-state index in [9.17, 15) is 4.79 Å². The lowest BCUT2D eigenvalue weighted by atomic mass is 9.87. The maximum absolute atomic E-state index is 13.7. The highest BCUT2D eigenvalue weighted by molar-refractivity contribution is 5.91. The summed E-state index contributed by atoms with van der Waals surface area (Å²) in [6.45, 7) is 0.495. The van der Waals surface area contributed by atoms with Gasteiger partial charge in [0.2, 0.25) is 5.75 Å². The van der Waals surface area contributed by atoms with Crippen molar-refractivity contribution in [2.75, 3.05) is 54.5 Å². The lowest BCUT2D eigenvalue weighted by molar-refractivity contribution is 0.193. The molecular formula is C28H32N2O7. The van der Waals surface area contributed by atoms with Gasteiger partial charge in [0, 0.05) is 18.7 Å². The second-order valence-corrected chi connectivity index (χ2v) is 8.37. The van der Waals surface area contributed by atoms with Gasteiger partial charge in [0.1, 0.15) is 5.75 Å². The third-order valence-electron chi connectivity index (χ3n) is 6.48. The number of methoxy groups -OCH3 is 6. The molecule has 0 saturated heterocycles. The fourth-order valence-electron chi connectivity index (χ4n) is 4.66. The van der Waals surface area contributed by atoms with Crippen LogP contribution < -0.4 is 33.7 Å². The Morgan fingerprint density at radius 3 is 1.89 bits per heavy atom. The molecule has 196 valence electrons. The Morgan fingerprint density at radius 2 is 1.35 bits per heavy atom. The highest BCUT2D eigenvalue weighted by Crippen LogP contribution is 2.43. The van der Waals surface area contributed by atoms with E-state index in [1.54, 1.807) is 38.4 Å². The first-order chi connectivity index (χ1) is 18.0. The van der Waals surface area contributed by atoms with E-state index in [1.807, 2.05) is 36.4 Å². The summed E-state index contributed by atoms with van der Waals surface area (Å²) >= 11 is 0. The van der Waals surface area contributed by atoms with Gasteiger partial charge in [-0.2, -0.15) is 0 Å². The molecule has 0 fully saturated rings. The minimum atomic E-state index is -0.364. The Labute approximate surface area is 216 Å². The van der Waals surface area contributed by atoms with Crippen LogP contribution in [0.3, 0.4) is 0 Å². The van der Waals surface area contributed by atoms with Crippen LogP contribution in [-0.2, 0) is 6.42 Å². The molecule has 1 aliphatic rings. The minimum absolute atomic E-state index is 0.268. The van der Waals surface area contributed by atoms with Gasteiger partial charge in [-0.05, 0) is 47.4 Å². The molecule has 0 saturated carbocycles. The van der Waals surface area contributed by atoms with Gasteiger partial charge in [0.15, 0.2) is 23.0 Å². The van der Waals surface area contributed by atoms with Gasteiger partial charge >= 0.3 is 6.03 Å². The van der Waals surface area contributed by atoms with E-state index >= 15 is 0 Å². The molecule has 3 aromatic rings. The van der Waals surface area contributed by atoms with E-state index in [1.165, 1.54) is 21.3 Å². The maximum atomic E-state index is 13.7. The monoisotopic (exact) mass is 508 g/mol. The number of ether oxygens (including phenoxy) is 6. The van der Waals surface area contributed by atoms with Crippen LogP contribution in [0.5, 0.6) is 34.5 Å². The molecule has 4 rings (SSSR count). The average Bonchev–Trinajstić information content (AvgIpc) is 2.94. The second kappa shape index (κ2) is 11.2. The van der Waals surface area contributed by atoms with Crippen molar-refractivity contribution >= 4 is 11.7 Å². The Bertz CT molecular complexity index is 1240. The van der Waals surface area contributed by atoms with Crippen molar-refractivity contribution in [2.24, 2.45) is 0 Å². The fourth-order valence-corrected chi connectivity index (χ4v) is 4.66. The molecule has 0 spiro atoms. The number of nitrogens with one attached hydrogen (secondary N) is 1. The van der Waals surface area contributed by atoms with Crippen LogP contribution in [0.1, 0.15) is 22.7 Å². The quantitative estimate of drug-likeness (QED) is 0.462. The predicted octanol–water partition coefficient (Wildman–Crippen LogP) is 4.92. The van der Waals surface area contributed by atoms with E-state index in [4.69, 9.17) is 28.4 Å². The zero-order valence-electron chi connectivity index (χ0n) is 21.9. The second-order valence-electron chi connectivity index (χ2n) is 8.37. The number of fused-ring (bicyclic) bond motifs is 1. The standard InChI is InChI=1S/C28H32N2O7/c1-32-20-9-7-17(8-10-20)26-21-16-23(34-3)22(33-2)13-18(21)11-12-30(26)28(31)29-19-14-24(35-4)27(37-6)25(15-19)36-5/h7-10,13-16,26H,11-12H2,1-6H3,(H,29,31). The molecule has 1 N–H and O–H groups in total. The topological polar surface area (TPSA) is 87.7 Å². The molecule has 1 unspecified atom stereocenters. The number of urea groups is 1. The summed E-state index contributed by atoms with van der Waals surface area (Å²) in [4.78, 5) is 15.5. The predicted molar refractivity (Wildman–Crippen MR) is 140 cm³/mol. The lowest BCUT2D eigenvalue weighted by Crippen LogP contribution is -2.43. The van der Waals surface area contributed by atoms with E-state index in [-0.39, 0.29) is 12.1 Å². The fraction of sp³-hybridized carbons (Fsp3) is 0.321. The highest BCUT2D eigenvalue weighted by Gasteiger charge is 2.34. The smallest absolute Gasteiger partial charge is 0.322 e.